The summed E-state index contributed by atoms with van der Waals surface area (Å²) in [4.78, 5) is 0. The van der Waals surface area contributed by atoms with E-state index in [0.29, 0.717) is 11.3 Å². The van der Waals surface area contributed by atoms with Crippen molar-refractivity contribution in [2.24, 2.45) is 0 Å². The van der Waals surface area contributed by atoms with Gasteiger partial charge in [-0.2, -0.15) is 5.10 Å². The minimum absolute atomic E-state index is 0.0551. The number of hydrogen-bond donors (Lipinski definition) is 1. The molecule has 0 saturated heterocycles. The summed E-state index contributed by atoms with van der Waals surface area (Å²) in [6.07, 6.45) is 1.53. The van der Waals surface area contributed by atoms with Crippen LogP contribution in [0.15, 0.2) is 59.2 Å². The van der Waals surface area contributed by atoms with Gasteiger partial charge in [0.05, 0.1) is 11.9 Å². The lowest BCUT2D eigenvalue weighted by atomic mass is 10.1. The molecule has 0 saturated carbocycles. The number of rotatable bonds is 2. The zero-order valence-electron chi connectivity index (χ0n) is 10.3. The van der Waals surface area contributed by atoms with Gasteiger partial charge < -0.3 is 5.11 Å². The fourth-order valence-electron chi connectivity index (χ4n) is 1.90. The lowest BCUT2D eigenvalue weighted by Gasteiger charge is -2.00. The maximum absolute atomic E-state index is 12.9. The molecule has 0 bridgehead atoms. The molecular formula is C15H10BrFN2O. The quantitative estimate of drug-likeness (QED) is 0.765. The summed E-state index contributed by atoms with van der Waals surface area (Å²) >= 11 is 3.37. The first-order chi connectivity index (χ1) is 9.63. The van der Waals surface area contributed by atoms with E-state index in [4.69, 9.17) is 0 Å². The summed E-state index contributed by atoms with van der Waals surface area (Å²) in [6, 6.07) is 13.4. The number of hydrogen-bond acceptors (Lipinski definition) is 2. The molecule has 1 aromatic heterocycles. The van der Waals surface area contributed by atoms with Crippen LogP contribution in [0, 0.1) is 5.82 Å². The number of nitrogens with zero attached hydrogens (tertiary/aromatic N) is 2. The molecule has 100 valence electrons. The van der Waals surface area contributed by atoms with E-state index >= 15 is 0 Å². The van der Waals surface area contributed by atoms with Gasteiger partial charge in [0.15, 0.2) is 5.75 Å². The lowest BCUT2D eigenvalue weighted by Crippen LogP contribution is -1.94. The topological polar surface area (TPSA) is 38.0 Å². The van der Waals surface area contributed by atoms with Crippen molar-refractivity contribution in [1.29, 1.82) is 0 Å². The molecule has 3 nitrogen and oxygen atoms in total. The van der Waals surface area contributed by atoms with E-state index in [1.54, 1.807) is 16.8 Å². The molecule has 3 rings (SSSR count). The third-order valence-electron chi connectivity index (χ3n) is 2.90. The van der Waals surface area contributed by atoms with Crippen LogP contribution in [0.2, 0.25) is 0 Å². The SMILES string of the molecule is Oc1cn(-c2ccc(Br)cc2)nc1-c1ccc(F)cc1. The Morgan fingerprint density at radius 1 is 1.00 bits per heavy atom. The molecule has 0 aliphatic heterocycles. The standard InChI is InChI=1S/C15H10BrFN2O/c16-11-3-7-13(8-4-11)19-9-14(20)15(18-19)10-1-5-12(17)6-2-10/h1-9,20H. The van der Waals surface area contributed by atoms with Gasteiger partial charge in [0.1, 0.15) is 11.5 Å². The number of aromatic hydroxyl groups is 1. The maximum Gasteiger partial charge on any atom is 0.162 e. The molecule has 1 N–H and O–H groups in total. The maximum atomic E-state index is 12.9. The monoisotopic (exact) mass is 332 g/mol. The Morgan fingerprint density at radius 2 is 1.65 bits per heavy atom. The van der Waals surface area contributed by atoms with E-state index in [1.807, 2.05) is 24.3 Å². The molecule has 0 amide bonds. The van der Waals surface area contributed by atoms with Crippen molar-refractivity contribution in [2.75, 3.05) is 0 Å². The third-order valence-corrected chi connectivity index (χ3v) is 3.43. The predicted molar refractivity (Wildman–Crippen MR) is 78.3 cm³/mol. The molecule has 0 aliphatic rings. The van der Waals surface area contributed by atoms with Crippen molar-refractivity contribution in [1.82, 2.24) is 9.78 Å². The van der Waals surface area contributed by atoms with Gasteiger partial charge in [-0.05, 0) is 48.5 Å². The second kappa shape index (κ2) is 5.09. The van der Waals surface area contributed by atoms with Gasteiger partial charge in [-0.25, -0.2) is 9.07 Å². The first-order valence-corrected chi connectivity index (χ1v) is 6.73. The van der Waals surface area contributed by atoms with Crippen molar-refractivity contribution in [3.8, 4) is 22.7 Å². The van der Waals surface area contributed by atoms with Crippen LogP contribution in [0.4, 0.5) is 4.39 Å². The van der Waals surface area contributed by atoms with Crippen molar-refractivity contribution in [3.05, 3.63) is 65.0 Å². The molecule has 0 spiro atoms. The molecule has 0 aliphatic carbocycles. The highest BCUT2D eigenvalue weighted by molar-refractivity contribution is 9.10. The first kappa shape index (κ1) is 12.9. The van der Waals surface area contributed by atoms with Gasteiger partial charge >= 0.3 is 0 Å². The van der Waals surface area contributed by atoms with Gasteiger partial charge in [0, 0.05) is 10.0 Å². The third kappa shape index (κ3) is 2.44. The Hall–Kier alpha value is -2.14. The molecule has 2 aromatic carbocycles. The molecule has 0 atom stereocenters. The van der Waals surface area contributed by atoms with Crippen LogP contribution >= 0.6 is 15.9 Å². The van der Waals surface area contributed by atoms with Gasteiger partial charge in [-0.15, -0.1) is 0 Å². The predicted octanol–water partition coefficient (Wildman–Crippen LogP) is 4.15. The van der Waals surface area contributed by atoms with Crippen LogP contribution < -0.4 is 0 Å². The highest BCUT2D eigenvalue weighted by Crippen LogP contribution is 2.28. The average Bonchev–Trinajstić information content (AvgIpc) is 2.82. The van der Waals surface area contributed by atoms with Gasteiger partial charge in [0.2, 0.25) is 0 Å². The molecule has 0 unspecified atom stereocenters. The summed E-state index contributed by atoms with van der Waals surface area (Å²) in [6.45, 7) is 0. The van der Waals surface area contributed by atoms with Crippen molar-refractivity contribution >= 4 is 15.9 Å². The van der Waals surface area contributed by atoms with Crippen LogP contribution in [0.5, 0.6) is 5.75 Å². The molecule has 20 heavy (non-hydrogen) atoms. The van der Waals surface area contributed by atoms with E-state index < -0.39 is 0 Å². The van der Waals surface area contributed by atoms with Gasteiger partial charge in [-0.3, -0.25) is 0 Å². The van der Waals surface area contributed by atoms with Crippen molar-refractivity contribution in [2.45, 2.75) is 0 Å². The van der Waals surface area contributed by atoms with E-state index in [-0.39, 0.29) is 11.6 Å². The Labute approximate surface area is 123 Å². The summed E-state index contributed by atoms with van der Waals surface area (Å²) < 4.78 is 15.5. The summed E-state index contributed by atoms with van der Waals surface area (Å²) in [7, 11) is 0. The lowest BCUT2D eigenvalue weighted by molar-refractivity contribution is 0.477. The smallest absolute Gasteiger partial charge is 0.162 e. The second-order valence-corrected chi connectivity index (χ2v) is 5.21. The zero-order chi connectivity index (χ0) is 14.1. The Balaban J connectivity index is 2.02. The Morgan fingerprint density at radius 3 is 2.30 bits per heavy atom. The largest absolute Gasteiger partial charge is 0.504 e. The van der Waals surface area contributed by atoms with Crippen LogP contribution in [0.3, 0.4) is 0 Å². The average molecular weight is 333 g/mol. The van der Waals surface area contributed by atoms with E-state index in [9.17, 15) is 9.50 Å². The number of aromatic nitrogens is 2. The van der Waals surface area contributed by atoms with E-state index in [1.165, 1.54) is 18.3 Å². The van der Waals surface area contributed by atoms with Gasteiger partial charge in [-0.1, -0.05) is 15.9 Å². The molecular weight excluding hydrogens is 323 g/mol. The van der Waals surface area contributed by atoms with E-state index in [0.717, 1.165) is 10.2 Å². The Bertz CT molecular complexity index is 736. The number of halogens is 2. The van der Waals surface area contributed by atoms with Gasteiger partial charge in [0.25, 0.3) is 0 Å². The fourth-order valence-corrected chi connectivity index (χ4v) is 2.17. The second-order valence-electron chi connectivity index (χ2n) is 4.29. The first-order valence-electron chi connectivity index (χ1n) is 5.94. The highest BCUT2D eigenvalue weighted by Gasteiger charge is 2.11. The summed E-state index contributed by atoms with van der Waals surface area (Å²) in [5.41, 5.74) is 1.92. The van der Waals surface area contributed by atoms with E-state index in [2.05, 4.69) is 21.0 Å². The zero-order valence-corrected chi connectivity index (χ0v) is 11.9. The molecule has 0 radical (unpaired) electrons. The van der Waals surface area contributed by atoms with Crippen LogP contribution in [-0.2, 0) is 0 Å². The summed E-state index contributed by atoms with van der Waals surface area (Å²) in [5, 5.41) is 14.3. The molecule has 1 heterocycles. The minimum atomic E-state index is -0.319. The highest BCUT2D eigenvalue weighted by atomic mass is 79.9. The van der Waals surface area contributed by atoms with Crippen LogP contribution in [0.1, 0.15) is 0 Å². The van der Waals surface area contributed by atoms with Crippen LogP contribution in [0.25, 0.3) is 16.9 Å². The van der Waals surface area contributed by atoms with Crippen molar-refractivity contribution in [3.63, 3.8) is 0 Å². The molecule has 0 fully saturated rings. The Kier molecular flexibility index (Phi) is 3.28. The normalized spacial score (nSPS) is 10.7. The minimum Gasteiger partial charge on any atom is -0.504 e. The fraction of sp³-hybridized carbons (Fsp3) is 0. The molecule has 5 heteroatoms. The number of benzene rings is 2. The van der Waals surface area contributed by atoms with Crippen molar-refractivity contribution < 1.29 is 9.50 Å². The molecule has 3 aromatic rings. The van der Waals surface area contributed by atoms with Crippen LogP contribution in [-0.4, -0.2) is 14.9 Å². The summed E-state index contributed by atoms with van der Waals surface area (Å²) in [5.74, 6) is -0.264.